The van der Waals surface area contributed by atoms with E-state index in [1.807, 2.05) is 37.3 Å². The Labute approximate surface area is 189 Å². The summed E-state index contributed by atoms with van der Waals surface area (Å²) in [5.41, 5.74) is 17.0. The van der Waals surface area contributed by atoms with Gasteiger partial charge < -0.3 is 20.9 Å². The molecule has 0 spiro atoms. The number of anilines is 2. The molecule has 0 aliphatic rings. The molecule has 4 aromatic rings. The molecule has 0 fully saturated rings. The summed E-state index contributed by atoms with van der Waals surface area (Å²) in [5.74, 6) is 1.44. The zero-order chi connectivity index (χ0) is 22.3. The summed E-state index contributed by atoms with van der Waals surface area (Å²) in [4.78, 5) is 9.16. The number of aromatic nitrogens is 2. The maximum atomic E-state index is 6.56. The van der Waals surface area contributed by atoms with Gasteiger partial charge in [-0.2, -0.15) is 0 Å². The lowest BCUT2D eigenvalue weighted by Crippen LogP contribution is -2.01. The topological polar surface area (TPSA) is 96.3 Å². The van der Waals surface area contributed by atoms with E-state index in [0.717, 1.165) is 22.0 Å². The number of benzene rings is 3. The second-order valence-corrected chi connectivity index (χ2v) is 7.76. The van der Waals surface area contributed by atoms with E-state index >= 15 is 0 Å². The second-order valence-electron chi connectivity index (χ2n) is 7.01. The van der Waals surface area contributed by atoms with Crippen LogP contribution in [0.1, 0.15) is 5.56 Å². The first-order valence-corrected chi connectivity index (χ1v) is 10.1. The monoisotopic (exact) mass is 454 g/mol. The molecule has 3 aromatic carbocycles. The molecule has 0 unspecified atom stereocenters. The molecule has 8 heteroatoms. The Hall–Kier alpha value is -3.22. The van der Waals surface area contributed by atoms with Crippen molar-refractivity contribution in [2.24, 2.45) is 0 Å². The number of nitrogen functional groups attached to an aromatic ring is 2. The number of nitrogens with two attached hydrogens (primary N) is 2. The molecule has 4 N–H and O–H groups in total. The number of fused-ring (bicyclic) bond motifs is 1. The molecule has 0 atom stereocenters. The second kappa shape index (κ2) is 8.13. The molecule has 0 saturated heterocycles. The number of hydrogen-bond acceptors (Lipinski definition) is 6. The van der Waals surface area contributed by atoms with Crippen molar-refractivity contribution in [3.63, 3.8) is 0 Å². The third-order valence-corrected chi connectivity index (χ3v) is 5.94. The largest absolute Gasteiger partial charge is 0.495 e. The highest BCUT2D eigenvalue weighted by atomic mass is 35.5. The molecule has 4 rings (SSSR count). The Bertz CT molecular complexity index is 1300. The Kier molecular flexibility index (Phi) is 5.52. The fourth-order valence-corrected chi connectivity index (χ4v) is 4.12. The number of nitrogens with zero attached hydrogens (tertiary/aromatic N) is 2. The van der Waals surface area contributed by atoms with Gasteiger partial charge in [-0.15, -0.1) is 0 Å². The molecule has 0 radical (unpaired) electrons. The average Bonchev–Trinajstić information content (AvgIpc) is 2.77. The number of rotatable bonds is 4. The fourth-order valence-electron chi connectivity index (χ4n) is 3.40. The summed E-state index contributed by atoms with van der Waals surface area (Å²) in [5, 5.41) is 1.61. The van der Waals surface area contributed by atoms with Crippen LogP contribution in [-0.4, -0.2) is 24.2 Å². The Morgan fingerprint density at radius 1 is 0.871 bits per heavy atom. The molecule has 6 nitrogen and oxygen atoms in total. The van der Waals surface area contributed by atoms with Crippen molar-refractivity contribution in [1.29, 1.82) is 0 Å². The van der Waals surface area contributed by atoms with Gasteiger partial charge in [0.2, 0.25) is 0 Å². The summed E-state index contributed by atoms with van der Waals surface area (Å²) in [6, 6.07) is 11.1. The third-order valence-electron chi connectivity index (χ3n) is 5.19. The highest BCUT2D eigenvalue weighted by Crippen LogP contribution is 2.46. The SMILES string of the molecule is COc1cc(OC)c(Cl)c(-c2ccc3nc(-c4ccc(C)c(N)c4N)ncc3c2)c1Cl. The summed E-state index contributed by atoms with van der Waals surface area (Å²) >= 11 is 13.1. The van der Waals surface area contributed by atoms with Crippen molar-refractivity contribution < 1.29 is 9.47 Å². The highest BCUT2D eigenvalue weighted by Gasteiger charge is 2.19. The summed E-state index contributed by atoms with van der Waals surface area (Å²) < 4.78 is 10.7. The summed E-state index contributed by atoms with van der Waals surface area (Å²) in [7, 11) is 3.08. The molecule has 1 heterocycles. The van der Waals surface area contributed by atoms with Crippen molar-refractivity contribution >= 4 is 45.5 Å². The first kappa shape index (κ1) is 21.0. The average molecular weight is 455 g/mol. The first-order chi connectivity index (χ1) is 14.8. The standard InChI is InChI=1S/C23H20Cl2N4O2/c1-11-4-6-14(22(27)21(11)26)23-28-10-13-8-12(5-7-15(13)29-23)18-19(24)16(30-2)9-17(31-3)20(18)25/h4-10H,26-27H2,1-3H3. The maximum Gasteiger partial charge on any atom is 0.161 e. The van der Waals surface area contributed by atoms with Gasteiger partial charge in [0.15, 0.2) is 5.82 Å². The predicted molar refractivity (Wildman–Crippen MR) is 127 cm³/mol. The van der Waals surface area contributed by atoms with Crippen LogP contribution in [0.5, 0.6) is 11.5 Å². The highest BCUT2D eigenvalue weighted by molar-refractivity contribution is 6.41. The Balaban J connectivity index is 1.85. The van der Waals surface area contributed by atoms with Crippen LogP contribution >= 0.6 is 23.2 Å². The molecule has 0 aliphatic carbocycles. The Morgan fingerprint density at radius 3 is 2.19 bits per heavy atom. The Morgan fingerprint density at radius 2 is 1.55 bits per heavy atom. The lowest BCUT2D eigenvalue weighted by molar-refractivity contribution is 0.395. The number of halogens is 2. The molecule has 31 heavy (non-hydrogen) atoms. The predicted octanol–water partition coefficient (Wildman–Crippen LogP) is 5.76. The van der Waals surface area contributed by atoms with Crippen LogP contribution in [-0.2, 0) is 0 Å². The summed E-state index contributed by atoms with van der Waals surface area (Å²) in [6.07, 6.45) is 1.73. The van der Waals surface area contributed by atoms with E-state index in [0.29, 0.717) is 49.9 Å². The molecule has 0 saturated carbocycles. The minimum absolute atomic E-state index is 0.396. The van der Waals surface area contributed by atoms with E-state index in [4.69, 9.17) is 44.1 Å². The smallest absolute Gasteiger partial charge is 0.161 e. The lowest BCUT2D eigenvalue weighted by atomic mass is 10.0. The van der Waals surface area contributed by atoms with Gasteiger partial charge in [-0.1, -0.05) is 35.3 Å². The van der Waals surface area contributed by atoms with Gasteiger partial charge in [0.25, 0.3) is 0 Å². The van der Waals surface area contributed by atoms with Gasteiger partial charge in [0.05, 0.1) is 41.2 Å². The van der Waals surface area contributed by atoms with Gasteiger partial charge in [0.1, 0.15) is 11.5 Å². The summed E-state index contributed by atoms with van der Waals surface area (Å²) in [6.45, 7) is 1.90. The van der Waals surface area contributed by atoms with Crippen molar-refractivity contribution in [2.75, 3.05) is 25.7 Å². The molecule has 0 aliphatic heterocycles. The van der Waals surface area contributed by atoms with Crippen LogP contribution in [0.15, 0.2) is 42.6 Å². The van der Waals surface area contributed by atoms with Crippen molar-refractivity contribution in [1.82, 2.24) is 9.97 Å². The molecular formula is C23H20Cl2N4O2. The number of aryl methyl sites for hydroxylation is 1. The van der Waals surface area contributed by atoms with Gasteiger partial charge in [-0.05, 0) is 36.2 Å². The number of methoxy groups -OCH3 is 2. The van der Waals surface area contributed by atoms with E-state index in [2.05, 4.69) is 9.97 Å². The molecule has 158 valence electrons. The van der Waals surface area contributed by atoms with E-state index in [9.17, 15) is 0 Å². The van der Waals surface area contributed by atoms with E-state index in [1.165, 1.54) is 14.2 Å². The fraction of sp³-hybridized carbons (Fsp3) is 0.130. The van der Waals surface area contributed by atoms with Crippen molar-refractivity contribution in [3.05, 3.63) is 58.2 Å². The number of hydrogen-bond donors (Lipinski definition) is 2. The normalized spacial score (nSPS) is 11.0. The van der Waals surface area contributed by atoms with E-state index < -0.39 is 0 Å². The number of ether oxygens (including phenoxy) is 2. The molecule has 1 aromatic heterocycles. The van der Waals surface area contributed by atoms with Gasteiger partial charge in [-0.25, -0.2) is 9.97 Å². The van der Waals surface area contributed by atoms with E-state index in [-0.39, 0.29) is 0 Å². The van der Waals surface area contributed by atoms with E-state index in [1.54, 1.807) is 12.3 Å². The molecule has 0 amide bonds. The lowest BCUT2D eigenvalue weighted by Gasteiger charge is -2.15. The van der Waals surface area contributed by atoms with Crippen LogP contribution in [0, 0.1) is 6.92 Å². The molecule has 0 bridgehead atoms. The van der Waals surface area contributed by atoms with Crippen LogP contribution in [0.3, 0.4) is 0 Å². The molecular weight excluding hydrogens is 435 g/mol. The van der Waals surface area contributed by atoms with Crippen LogP contribution in [0.25, 0.3) is 33.4 Å². The van der Waals surface area contributed by atoms with Crippen LogP contribution in [0.2, 0.25) is 10.0 Å². The zero-order valence-corrected chi connectivity index (χ0v) is 18.7. The van der Waals surface area contributed by atoms with Crippen LogP contribution < -0.4 is 20.9 Å². The quantitative estimate of drug-likeness (QED) is 0.380. The minimum atomic E-state index is 0.396. The third kappa shape index (κ3) is 3.58. The first-order valence-electron chi connectivity index (χ1n) is 9.37. The van der Waals surface area contributed by atoms with Crippen molar-refractivity contribution in [2.45, 2.75) is 6.92 Å². The van der Waals surface area contributed by atoms with Crippen LogP contribution in [0.4, 0.5) is 11.4 Å². The van der Waals surface area contributed by atoms with Crippen molar-refractivity contribution in [3.8, 4) is 34.0 Å². The van der Waals surface area contributed by atoms with Gasteiger partial charge >= 0.3 is 0 Å². The zero-order valence-electron chi connectivity index (χ0n) is 17.2. The maximum absolute atomic E-state index is 6.56. The van der Waals surface area contributed by atoms with Gasteiger partial charge in [-0.3, -0.25) is 0 Å². The van der Waals surface area contributed by atoms with Gasteiger partial charge in [0, 0.05) is 28.8 Å². The minimum Gasteiger partial charge on any atom is -0.495 e.